The molecule has 30 heavy (non-hydrogen) atoms. The Morgan fingerprint density at radius 2 is 1.63 bits per heavy atom. The van der Waals surface area contributed by atoms with E-state index in [9.17, 15) is 26.3 Å². The lowest BCUT2D eigenvalue weighted by Crippen LogP contribution is -2.34. The molecule has 0 amide bonds. The molecule has 0 saturated heterocycles. The van der Waals surface area contributed by atoms with Crippen molar-refractivity contribution in [2.24, 2.45) is 4.36 Å². The Balaban J connectivity index is 2.77. The van der Waals surface area contributed by atoms with Crippen LogP contribution in [0.4, 0.5) is 32.2 Å². The molecule has 164 valence electrons. The molecule has 0 aliphatic carbocycles. The van der Waals surface area contributed by atoms with Crippen molar-refractivity contribution < 1.29 is 26.3 Å². The topological polar surface area (TPSA) is 57.2 Å². The van der Waals surface area contributed by atoms with Crippen LogP contribution in [-0.4, -0.2) is 32.7 Å². The first-order valence-corrected chi connectivity index (χ1v) is 10.1. The molecule has 0 fully saturated rings. The Morgan fingerprint density at radius 1 is 1.10 bits per heavy atom. The fraction of sp³-hybridized carbons (Fsp3) is 0.375. The lowest BCUT2D eigenvalue weighted by molar-refractivity contribution is -0.137. The van der Waals surface area contributed by atoms with E-state index in [2.05, 4.69) is 9.46 Å². The van der Waals surface area contributed by atoms with Crippen molar-refractivity contribution in [2.45, 2.75) is 25.5 Å². The molecule has 1 aromatic carbocycles. The van der Waals surface area contributed by atoms with Gasteiger partial charge >= 0.3 is 11.7 Å². The zero-order chi connectivity index (χ0) is 22.9. The Kier molecular flexibility index (Phi) is 7.45. The summed E-state index contributed by atoms with van der Waals surface area (Å²) in [6, 6.07) is 3.75. The third-order valence-corrected chi connectivity index (χ3v) is 6.05. The minimum atomic E-state index is -4.74. The number of nitrogens with zero attached hydrogens (tertiary/aromatic N) is 5. The number of halogens is 8. The molecule has 0 bridgehead atoms. The first-order valence-electron chi connectivity index (χ1n) is 8.18. The predicted molar refractivity (Wildman–Crippen MR) is 102 cm³/mol. The Bertz CT molecular complexity index is 982. The molecular formula is C16H13Cl2F6N5S. The molecule has 0 N–H and O–H groups in total. The van der Waals surface area contributed by atoms with Crippen molar-refractivity contribution in [1.29, 1.82) is 5.26 Å². The normalized spacial score (nSPS) is 13.7. The van der Waals surface area contributed by atoms with Crippen LogP contribution in [0.5, 0.6) is 0 Å². The Morgan fingerprint density at radius 3 is 2.03 bits per heavy atom. The van der Waals surface area contributed by atoms with Gasteiger partial charge < -0.3 is 0 Å². The van der Waals surface area contributed by atoms with Crippen LogP contribution in [0, 0.1) is 11.3 Å². The molecule has 1 unspecified atom stereocenters. The van der Waals surface area contributed by atoms with Crippen molar-refractivity contribution in [3.8, 4) is 11.8 Å². The summed E-state index contributed by atoms with van der Waals surface area (Å²) in [7, 11) is -2.61. The van der Waals surface area contributed by atoms with Crippen LogP contribution in [-0.2, 0) is 17.1 Å². The highest BCUT2D eigenvalue weighted by Gasteiger charge is 2.38. The van der Waals surface area contributed by atoms with E-state index in [0.29, 0.717) is 12.1 Å². The summed E-state index contributed by atoms with van der Waals surface area (Å²) in [6.07, 6.45) is -4.74. The molecule has 0 radical (unpaired) electrons. The quantitative estimate of drug-likeness (QED) is 0.462. The van der Waals surface area contributed by atoms with Gasteiger partial charge in [-0.1, -0.05) is 37.0 Å². The summed E-state index contributed by atoms with van der Waals surface area (Å²) in [6.45, 7) is 3.10. The molecule has 0 saturated carbocycles. The summed E-state index contributed by atoms with van der Waals surface area (Å²) in [5, 5.41) is 11.8. The van der Waals surface area contributed by atoms with Gasteiger partial charge in [0.15, 0.2) is 11.5 Å². The SMILES string of the molecule is CCN(CC)/S(=N/c1cc(C#N)nn1-c1c(Cl)cc(C(F)(F)F)cc1Cl)C(F)(F)F. The maximum Gasteiger partial charge on any atom is 0.466 e. The first-order chi connectivity index (χ1) is 13.8. The van der Waals surface area contributed by atoms with E-state index in [4.69, 9.17) is 28.5 Å². The monoisotopic (exact) mass is 491 g/mol. The molecule has 2 aromatic rings. The van der Waals surface area contributed by atoms with Crippen LogP contribution in [0.25, 0.3) is 5.69 Å². The number of nitriles is 1. The van der Waals surface area contributed by atoms with Gasteiger partial charge in [0.2, 0.25) is 0 Å². The molecule has 1 aromatic heterocycles. The fourth-order valence-corrected chi connectivity index (χ4v) is 4.35. The van der Waals surface area contributed by atoms with Gasteiger partial charge in [-0.25, -0.2) is 8.99 Å². The second-order valence-electron chi connectivity index (χ2n) is 5.61. The summed E-state index contributed by atoms with van der Waals surface area (Å²) in [4.78, 5) is 0. The summed E-state index contributed by atoms with van der Waals surface area (Å²) in [5.74, 6) is -0.428. The molecule has 2 rings (SSSR count). The Hall–Kier alpha value is -1.81. The van der Waals surface area contributed by atoms with Crippen LogP contribution < -0.4 is 0 Å². The molecule has 0 aliphatic rings. The average Bonchev–Trinajstić information content (AvgIpc) is 3.02. The lowest BCUT2D eigenvalue weighted by atomic mass is 10.2. The molecule has 5 nitrogen and oxygen atoms in total. The smallest absolute Gasteiger partial charge is 0.235 e. The summed E-state index contributed by atoms with van der Waals surface area (Å²) >= 11 is 11.9. The third kappa shape index (κ3) is 5.26. The lowest BCUT2D eigenvalue weighted by Gasteiger charge is -2.23. The van der Waals surface area contributed by atoms with E-state index in [1.807, 2.05) is 0 Å². The molecule has 1 heterocycles. The molecule has 14 heteroatoms. The number of aromatic nitrogens is 2. The summed E-state index contributed by atoms with van der Waals surface area (Å²) in [5.41, 5.74) is -6.52. The maximum absolute atomic E-state index is 13.6. The highest BCUT2D eigenvalue weighted by atomic mass is 35.5. The van der Waals surface area contributed by atoms with Crippen LogP contribution in [0.15, 0.2) is 22.6 Å². The highest BCUT2D eigenvalue weighted by Crippen LogP contribution is 2.39. The van der Waals surface area contributed by atoms with Gasteiger partial charge in [-0.3, -0.25) is 0 Å². The van der Waals surface area contributed by atoms with Gasteiger partial charge in [0.25, 0.3) is 0 Å². The number of hydrogen-bond acceptors (Lipinski definition) is 3. The van der Waals surface area contributed by atoms with Gasteiger partial charge in [-0.2, -0.15) is 41.1 Å². The number of hydrogen-bond donors (Lipinski definition) is 0. The van der Waals surface area contributed by atoms with Crippen LogP contribution in [0.3, 0.4) is 0 Å². The zero-order valence-corrected chi connectivity index (χ0v) is 17.6. The summed E-state index contributed by atoms with van der Waals surface area (Å²) < 4.78 is 85.2. The minimum absolute atomic E-state index is 0.0314. The maximum atomic E-state index is 13.6. The van der Waals surface area contributed by atoms with E-state index in [1.165, 1.54) is 13.8 Å². The van der Waals surface area contributed by atoms with E-state index >= 15 is 0 Å². The van der Waals surface area contributed by atoms with Crippen LogP contribution in [0.2, 0.25) is 10.0 Å². The number of rotatable bonds is 5. The minimum Gasteiger partial charge on any atom is -0.235 e. The molecule has 1 atom stereocenters. The second kappa shape index (κ2) is 9.13. The second-order valence-corrected chi connectivity index (χ2v) is 8.12. The van der Waals surface area contributed by atoms with Crippen molar-refractivity contribution in [1.82, 2.24) is 14.1 Å². The molecular weight excluding hydrogens is 479 g/mol. The zero-order valence-electron chi connectivity index (χ0n) is 15.3. The van der Waals surface area contributed by atoms with Crippen molar-refractivity contribution >= 4 is 39.9 Å². The third-order valence-electron chi connectivity index (χ3n) is 3.70. The molecule has 0 spiro atoms. The average molecular weight is 492 g/mol. The number of alkyl halides is 6. The standard InChI is InChI=1S/C16H13Cl2F6N5S/c1-3-28(4-2)30(16(22,23)24)27-13-7-10(8-25)26-29(13)14-11(17)5-9(6-12(14)18)15(19,20)21/h5-7H,3-4H2,1-2H3. The van der Waals surface area contributed by atoms with Crippen LogP contribution >= 0.6 is 23.2 Å². The van der Waals surface area contributed by atoms with E-state index in [-0.39, 0.29) is 24.5 Å². The van der Waals surface area contributed by atoms with E-state index < -0.39 is 44.0 Å². The van der Waals surface area contributed by atoms with Gasteiger partial charge in [-0.15, -0.1) is 0 Å². The van der Waals surface area contributed by atoms with Crippen LogP contribution in [0.1, 0.15) is 25.1 Å². The molecule has 0 aliphatic heterocycles. The fourth-order valence-electron chi connectivity index (χ4n) is 2.40. The van der Waals surface area contributed by atoms with E-state index in [1.54, 1.807) is 6.07 Å². The largest absolute Gasteiger partial charge is 0.466 e. The van der Waals surface area contributed by atoms with E-state index in [0.717, 1.165) is 15.1 Å². The highest BCUT2D eigenvalue weighted by molar-refractivity contribution is 7.86. The van der Waals surface area contributed by atoms with Gasteiger partial charge in [0.1, 0.15) is 11.8 Å². The van der Waals surface area contributed by atoms with Crippen molar-refractivity contribution in [3.63, 3.8) is 0 Å². The Labute approximate surface area is 180 Å². The van der Waals surface area contributed by atoms with Crippen molar-refractivity contribution in [2.75, 3.05) is 13.1 Å². The van der Waals surface area contributed by atoms with Crippen molar-refractivity contribution in [3.05, 3.63) is 39.5 Å². The predicted octanol–water partition coefficient (Wildman–Crippen LogP) is 6.28. The van der Waals surface area contributed by atoms with Gasteiger partial charge in [-0.05, 0) is 12.1 Å². The number of benzene rings is 1. The van der Waals surface area contributed by atoms with Gasteiger partial charge in [0, 0.05) is 19.2 Å². The van der Waals surface area contributed by atoms with Gasteiger partial charge in [0.05, 0.1) is 26.5 Å². The first kappa shape index (κ1) is 24.5.